The van der Waals surface area contributed by atoms with Gasteiger partial charge in [-0.2, -0.15) is 5.26 Å². The molecule has 0 unspecified atom stereocenters. The Morgan fingerprint density at radius 3 is 2.84 bits per heavy atom. The summed E-state index contributed by atoms with van der Waals surface area (Å²) in [4.78, 5) is 11.5. The van der Waals surface area contributed by atoms with Crippen molar-refractivity contribution in [3.05, 3.63) is 30.1 Å². The largest absolute Gasteiger partial charge is 0.507 e. The van der Waals surface area contributed by atoms with E-state index in [9.17, 15) is 5.11 Å². The molecule has 2 aliphatic rings. The summed E-state index contributed by atoms with van der Waals surface area (Å²) in [6.07, 6.45) is 7.87. The third-order valence-corrected chi connectivity index (χ3v) is 6.04. The summed E-state index contributed by atoms with van der Waals surface area (Å²) in [5.74, 6) is 1.27. The van der Waals surface area contributed by atoms with Crippen LogP contribution in [0.4, 0.5) is 11.6 Å². The normalized spacial score (nSPS) is 23.5. The number of pyridine rings is 2. The summed E-state index contributed by atoms with van der Waals surface area (Å²) in [6, 6.07) is 6.67. The highest BCUT2D eigenvalue weighted by Crippen LogP contribution is 2.38. The van der Waals surface area contributed by atoms with Crippen LogP contribution >= 0.6 is 0 Å². The fourth-order valence-corrected chi connectivity index (χ4v) is 4.86. The number of hydrogen-bond acceptors (Lipinski definition) is 8. The van der Waals surface area contributed by atoms with Gasteiger partial charge >= 0.3 is 0 Å². The van der Waals surface area contributed by atoms with Gasteiger partial charge in [0.15, 0.2) is 0 Å². The number of amidine groups is 1. The number of fused-ring (bicyclic) bond motifs is 3. The molecule has 4 rings (SSSR count). The minimum atomic E-state index is 0.119. The molecular weight excluding hydrogens is 392 g/mol. The summed E-state index contributed by atoms with van der Waals surface area (Å²) < 4.78 is 0. The van der Waals surface area contributed by atoms with E-state index in [1.807, 2.05) is 0 Å². The maximum absolute atomic E-state index is 10.5. The first-order valence-electron chi connectivity index (χ1n) is 10.6. The molecule has 0 aliphatic carbocycles. The molecule has 0 saturated carbocycles. The van der Waals surface area contributed by atoms with Crippen molar-refractivity contribution in [3.8, 4) is 11.8 Å². The first kappa shape index (κ1) is 20.9. The van der Waals surface area contributed by atoms with Gasteiger partial charge in [-0.1, -0.05) is 0 Å². The average Bonchev–Trinajstić information content (AvgIpc) is 2.93. The fourth-order valence-electron chi connectivity index (χ4n) is 4.86. The molecule has 0 aromatic carbocycles. The zero-order valence-corrected chi connectivity index (χ0v) is 17.6. The van der Waals surface area contributed by atoms with Gasteiger partial charge in [-0.15, -0.1) is 0 Å². The van der Waals surface area contributed by atoms with Crippen molar-refractivity contribution < 1.29 is 5.11 Å². The number of aromatic hydroxyl groups is 1. The van der Waals surface area contributed by atoms with E-state index in [1.165, 1.54) is 6.08 Å². The third-order valence-electron chi connectivity index (χ3n) is 6.04. The van der Waals surface area contributed by atoms with E-state index in [2.05, 4.69) is 31.6 Å². The molecule has 2 saturated heterocycles. The molecule has 9 heteroatoms. The number of nitriles is 1. The smallest absolute Gasteiger partial charge is 0.141 e. The lowest BCUT2D eigenvalue weighted by Gasteiger charge is -2.39. The van der Waals surface area contributed by atoms with Crippen LogP contribution in [0.1, 0.15) is 39.0 Å². The summed E-state index contributed by atoms with van der Waals surface area (Å²) in [7, 11) is 0. The molecule has 2 fully saturated rings. The molecule has 2 aliphatic heterocycles. The Labute approximate surface area is 181 Å². The van der Waals surface area contributed by atoms with Gasteiger partial charge in [-0.05, 0) is 44.7 Å². The van der Waals surface area contributed by atoms with Crippen molar-refractivity contribution in [2.24, 2.45) is 5.73 Å². The van der Waals surface area contributed by atoms with E-state index >= 15 is 0 Å². The molecule has 2 bridgehead atoms. The Balaban J connectivity index is 1.59. The van der Waals surface area contributed by atoms with Crippen LogP contribution in [-0.4, -0.2) is 50.5 Å². The summed E-state index contributed by atoms with van der Waals surface area (Å²) in [6.45, 7) is 2.55. The van der Waals surface area contributed by atoms with Gasteiger partial charge < -0.3 is 21.5 Å². The summed E-state index contributed by atoms with van der Waals surface area (Å²) in [5, 5.41) is 34.5. The minimum absolute atomic E-state index is 0.119. The van der Waals surface area contributed by atoms with Crippen LogP contribution in [0.25, 0.3) is 10.9 Å². The van der Waals surface area contributed by atoms with Crippen molar-refractivity contribution in [2.75, 3.05) is 17.2 Å². The number of allylic oxidation sites excluding steroid dienone is 1. The Bertz CT molecular complexity index is 1040. The number of nitrogens with zero attached hydrogens (tertiary/aromatic N) is 4. The molecule has 3 atom stereocenters. The molecule has 0 radical (unpaired) electrons. The van der Waals surface area contributed by atoms with Gasteiger partial charge in [0.2, 0.25) is 0 Å². The predicted molar refractivity (Wildman–Crippen MR) is 121 cm³/mol. The van der Waals surface area contributed by atoms with Gasteiger partial charge in [0, 0.05) is 49.1 Å². The zero-order chi connectivity index (χ0) is 22.0. The van der Waals surface area contributed by atoms with Crippen molar-refractivity contribution in [2.45, 2.75) is 57.2 Å². The van der Waals surface area contributed by atoms with Crippen LogP contribution in [0.3, 0.4) is 0 Å². The van der Waals surface area contributed by atoms with Crippen molar-refractivity contribution in [1.29, 1.82) is 10.7 Å². The lowest BCUT2D eigenvalue weighted by atomic mass is 9.97. The van der Waals surface area contributed by atoms with Crippen LogP contribution in [0.15, 0.2) is 30.1 Å². The van der Waals surface area contributed by atoms with Crippen molar-refractivity contribution in [1.82, 2.24) is 14.9 Å². The Hall–Kier alpha value is -3.38. The van der Waals surface area contributed by atoms with Crippen LogP contribution < -0.4 is 16.4 Å². The van der Waals surface area contributed by atoms with E-state index in [1.54, 1.807) is 25.3 Å². The first-order chi connectivity index (χ1) is 14.9. The van der Waals surface area contributed by atoms with Crippen molar-refractivity contribution in [3.63, 3.8) is 0 Å². The van der Waals surface area contributed by atoms with E-state index in [0.717, 1.165) is 32.2 Å². The van der Waals surface area contributed by atoms with E-state index in [-0.39, 0.29) is 17.6 Å². The van der Waals surface area contributed by atoms with Crippen LogP contribution in [0.2, 0.25) is 0 Å². The third kappa shape index (κ3) is 4.54. The predicted octanol–water partition coefficient (Wildman–Crippen LogP) is 2.91. The highest BCUT2D eigenvalue weighted by Gasteiger charge is 2.40. The van der Waals surface area contributed by atoms with Crippen LogP contribution in [-0.2, 0) is 0 Å². The molecule has 9 nitrogen and oxygen atoms in total. The van der Waals surface area contributed by atoms with Crippen LogP contribution in [0.5, 0.6) is 5.75 Å². The first-order valence-corrected chi connectivity index (χ1v) is 10.6. The standard InChI is InChI=1S/C22H28N8O/c1-13(24)9-19(25)28-20-12-17-21(18(31)5-7-26-17)22(29-20)27-14-10-15-3-4-16(11-14)30(15)8-2-6-23/h5,7,9,12,14-16H,2-4,8,10-11,24H2,1H3,(H,26,31)(H3,25,27,28,29)/b13-9-/t14-,15-,16+. The minimum Gasteiger partial charge on any atom is -0.507 e. The van der Waals surface area contributed by atoms with E-state index in [0.29, 0.717) is 46.7 Å². The summed E-state index contributed by atoms with van der Waals surface area (Å²) >= 11 is 0. The number of nitrogens with one attached hydrogen (secondary N) is 3. The average molecular weight is 421 g/mol. The number of hydrogen-bond donors (Lipinski definition) is 5. The van der Waals surface area contributed by atoms with E-state index < -0.39 is 0 Å². The quantitative estimate of drug-likeness (QED) is 0.354. The molecular formula is C22H28N8O. The maximum atomic E-state index is 10.5. The lowest BCUT2D eigenvalue weighted by molar-refractivity contribution is 0.136. The number of aromatic nitrogens is 2. The van der Waals surface area contributed by atoms with Gasteiger partial charge in [0.1, 0.15) is 23.2 Å². The second-order valence-corrected chi connectivity index (χ2v) is 8.35. The summed E-state index contributed by atoms with van der Waals surface area (Å²) in [5.41, 5.74) is 6.78. The van der Waals surface area contributed by atoms with Crippen molar-refractivity contribution >= 4 is 28.4 Å². The molecule has 6 N–H and O–H groups in total. The van der Waals surface area contributed by atoms with Gasteiger partial charge in [-0.25, -0.2) is 4.98 Å². The molecule has 0 spiro atoms. The number of rotatable bonds is 6. The molecule has 2 aromatic heterocycles. The fraction of sp³-hybridized carbons (Fsp3) is 0.455. The highest BCUT2D eigenvalue weighted by molar-refractivity contribution is 6.03. The molecule has 162 valence electrons. The molecule has 2 aromatic rings. The topological polar surface area (TPSA) is 147 Å². The molecule has 31 heavy (non-hydrogen) atoms. The molecule has 4 heterocycles. The van der Waals surface area contributed by atoms with Gasteiger partial charge in [0.05, 0.1) is 17.0 Å². The highest BCUT2D eigenvalue weighted by atomic mass is 16.3. The molecule has 0 amide bonds. The van der Waals surface area contributed by atoms with Crippen LogP contribution in [0, 0.1) is 16.7 Å². The number of nitrogens with two attached hydrogens (primary N) is 1. The number of anilines is 2. The SMILES string of the molecule is C/C(N)=C/C(=N)Nc1cc2nccc(O)c2c(N[C@@H]2C[C@H]3CC[C@@H](C2)N3CCC#N)n1. The Morgan fingerprint density at radius 1 is 1.42 bits per heavy atom. The second-order valence-electron chi connectivity index (χ2n) is 8.35. The monoisotopic (exact) mass is 420 g/mol. The Kier molecular flexibility index (Phi) is 5.91. The second kappa shape index (κ2) is 8.78. The van der Waals surface area contributed by atoms with Gasteiger partial charge in [0.25, 0.3) is 0 Å². The Morgan fingerprint density at radius 2 is 2.16 bits per heavy atom. The maximum Gasteiger partial charge on any atom is 0.141 e. The zero-order valence-electron chi connectivity index (χ0n) is 17.6. The van der Waals surface area contributed by atoms with E-state index in [4.69, 9.17) is 16.4 Å². The number of piperidine rings is 1. The van der Waals surface area contributed by atoms with Gasteiger partial charge in [-0.3, -0.25) is 15.3 Å². The lowest BCUT2D eigenvalue weighted by Crippen LogP contribution is -2.47.